The molecule has 208 valence electrons. The van der Waals surface area contributed by atoms with Crippen LogP contribution in [0.25, 0.3) is 33.1 Å². The summed E-state index contributed by atoms with van der Waals surface area (Å²) in [5, 5.41) is 10.4. The predicted octanol–water partition coefficient (Wildman–Crippen LogP) is 6.37. The molecule has 0 radical (unpaired) electrons. The van der Waals surface area contributed by atoms with E-state index in [1.54, 1.807) is 6.20 Å². The molecule has 1 aromatic carbocycles. The van der Waals surface area contributed by atoms with Gasteiger partial charge in [-0.15, -0.1) is 0 Å². The Labute approximate surface area is 231 Å². The molecule has 0 bridgehead atoms. The van der Waals surface area contributed by atoms with Gasteiger partial charge in [-0.1, -0.05) is 46.0 Å². The molecule has 10 heteroatoms. The number of rotatable bonds is 4. The first-order chi connectivity index (χ1) is 19.4. The standard InChI is InChI=1S/C23H19F2N7O.C7H14/c1-10-2-3-32(7-10)23-29-5-12-13-8-33-9-14(13)16(18(25)19(12)31-23)21-17-11(4-26)22(27)30-20(17)15(24)6-28-21;1-2-4-7-5-3-6-7/h5-6,10,30H,2-3,7-9,27H2,1H3;7H,2-6H2,1H3. The van der Waals surface area contributed by atoms with Crippen molar-refractivity contribution in [1.29, 1.82) is 5.26 Å². The highest BCUT2D eigenvalue weighted by atomic mass is 19.1. The molecule has 3 aromatic heterocycles. The number of nitrogen functional groups attached to an aromatic ring is 1. The van der Waals surface area contributed by atoms with Crippen molar-refractivity contribution < 1.29 is 13.5 Å². The first kappa shape index (κ1) is 26.4. The van der Waals surface area contributed by atoms with Crippen LogP contribution in [0.1, 0.15) is 69.1 Å². The number of aromatic nitrogens is 4. The number of nitrogens with one attached hydrogen (secondary N) is 1. The number of hydrogen-bond acceptors (Lipinski definition) is 7. The van der Waals surface area contributed by atoms with Gasteiger partial charge < -0.3 is 20.4 Å². The van der Waals surface area contributed by atoms with Crippen LogP contribution in [0.3, 0.4) is 0 Å². The molecule has 0 amide bonds. The first-order valence-electron chi connectivity index (χ1n) is 14.1. The summed E-state index contributed by atoms with van der Waals surface area (Å²) in [6, 6.07) is 1.98. The second kappa shape index (κ2) is 10.6. The zero-order valence-corrected chi connectivity index (χ0v) is 22.9. The third-order valence-corrected chi connectivity index (χ3v) is 8.48. The number of nitriles is 1. The van der Waals surface area contributed by atoms with Crippen molar-refractivity contribution in [2.45, 2.75) is 65.6 Å². The maximum atomic E-state index is 16.2. The second-order valence-electron chi connectivity index (χ2n) is 11.2. The molecule has 2 aliphatic heterocycles. The highest BCUT2D eigenvalue weighted by Crippen LogP contribution is 2.42. The number of fused-ring (bicyclic) bond motifs is 4. The maximum absolute atomic E-state index is 16.2. The van der Waals surface area contributed by atoms with E-state index in [4.69, 9.17) is 10.5 Å². The van der Waals surface area contributed by atoms with E-state index < -0.39 is 11.6 Å². The van der Waals surface area contributed by atoms with Crippen molar-refractivity contribution in [2.24, 2.45) is 11.8 Å². The van der Waals surface area contributed by atoms with Gasteiger partial charge in [-0.2, -0.15) is 5.26 Å². The van der Waals surface area contributed by atoms with Gasteiger partial charge in [-0.3, -0.25) is 4.98 Å². The minimum Gasteiger partial charge on any atom is -0.384 e. The van der Waals surface area contributed by atoms with E-state index >= 15 is 4.39 Å². The Hall–Kier alpha value is -3.84. The summed E-state index contributed by atoms with van der Waals surface area (Å²) >= 11 is 0. The number of nitrogens with zero attached hydrogens (tertiary/aromatic N) is 5. The number of ether oxygens (including phenoxy) is 1. The van der Waals surface area contributed by atoms with Crippen LogP contribution >= 0.6 is 0 Å². The molecule has 3 aliphatic rings. The van der Waals surface area contributed by atoms with Crippen LogP contribution in [-0.4, -0.2) is 33.0 Å². The summed E-state index contributed by atoms with van der Waals surface area (Å²) in [5.74, 6) is 0.834. The Morgan fingerprint density at radius 3 is 2.62 bits per heavy atom. The fraction of sp³-hybridized carbons (Fsp3) is 0.467. The van der Waals surface area contributed by atoms with Crippen molar-refractivity contribution in [3.63, 3.8) is 0 Å². The summed E-state index contributed by atoms with van der Waals surface area (Å²) in [4.78, 5) is 18.0. The van der Waals surface area contributed by atoms with Crippen LogP contribution in [0, 0.1) is 34.8 Å². The highest BCUT2D eigenvalue weighted by molar-refractivity contribution is 6.03. The number of aromatic amines is 1. The third-order valence-electron chi connectivity index (χ3n) is 8.48. The Bertz CT molecular complexity index is 1640. The molecule has 1 saturated carbocycles. The maximum Gasteiger partial charge on any atom is 0.225 e. The fourth-order valence-electron chi connectivity index (χ4n) is 6.10. The summed E-state index contributed by atoms with van der Waals surface area (Å²) < 4.78 is 36.3. The van der Waals surface area contributed by atoms with Crippen molar-refractivity contribution in [3.05, 3.63) is 40.7 Å². The molecule has 2 fully saturated rings. The predicted molar refractivity (Wildman–Crippen MR) is 150 cm³/mol. The molecular formula is C30H33F2N7O. The lowest BCUT2D eigenvalue weighted by molar-refractivity contribution is 0.135. The number of benzene rings is 1. The minimum atomic E-state index is -0.677. The summed E-state index contributed by atoms with van der Waals surface area (Å²) in [5.41, 5.74) is 7.73. The quantitative estimate of drug-likeness (QED) is 0.306. The lowest BCUT2D eigenvalue weighted by Crippen LogP contribution is -2.21. The van der Waals surface area contributed by atoms with Gasteiger partial charge in [0.2, 0.25) is 5.95 Å². The van der Waals surface area contributed by atoms with Gasteiger partial charge in [0.25, 0.3) is 0 Å². The molecule has 1 unspecified atom stereocenters. The smallest absolute Gasteiger partial charge is 0.225 e. The van der Waals surface area contributed by atoms with Gasteiger partial charge in [0.15, 0.2) is 11.6 Å². The van der Waals surface area contributed by atoms with Gasteiger partial charge in [-0.25, -0.2) is 18.7 Å². The average Bonchev–Trinajstić information content (AvgIpc) is 3.66. The van der Waals surface area contributed by atoms with Gasteiger partial charge in [-0.05, 0) is 29.4 Å². The monoisotopic (exact) mass is 545 g/mol. The van der Waals surface area contributed by atoms with E-state index in [9.17, 15) is 9.65 Å². The average molecular weight is 546 g/mol. The molecule has 3 N–H and O–H groups in total. The number of pyridine rings is 1. The number of anilines is 2. The number of hydrogen-bond donors (Lipinski definition) is 2. The Morgan fingerprint density at radius 1 is 1.18 bits per heavy atom. The Kier molecular flexibility index (Phi) is 7.00. The normalized spacial score (nSPS) is 18.5. The molecule has 4 aromatic rings. The largest absolute Gasteiger partial charge is 0.384 e. The van der Waals surface area contributed by atoms with Crippen LogP contribution in [0.4, 0.5) is 20.5 Å². The molecule has 40 heavy (non-hydrogen) atoms. The van der Waals surface area contributed by atoms with Crippen LogP contribution in [0.2, 0.25) is 0 Å². The summed E-state index contributed by atoms with van der Waals surface area (Å²) in [6.07, 6.45) is 11.1. The van der Waals surface area contributed by atoms with Crippen LogP contribution in [0.5, 0.6) is 0 Å². The fourth-order valence-corrected chi connectivity index (χ4v) is 6.10. The number of nitrogens with two attached hydrogens (primary N) is 1. The molecule has 7 rings (SSSR count). The van der Waals surface area contributed by atoms with Gasteiger partial charge in [0.1, 0.15) is 23.0 Å². The topological polar surface area (TPSA) is 117 Å². The molecule has 8 nitrogen and oxygen atoms in total. The van der Waals surface area contributed by atoms with E-state index in [-0.39, 0.29) is 52.3 Å². The van der Waals surface area contributed by atoms with E-state index in [1.807, 2.05) is 11.0 Å². The Morgan fingerprint density at radius 2 is 1.98 bits per heavy atom. The lowest BCUT2D eigenvalue weighted by Gasteiger charge is -2.24. The molecule has 1 atom stereocenters. The molecule has 1 aliphatic carbocycles. The third kappa shape index (κ3) is 4.42. The second-order valence-corrected chi connectivity index (χ2v) is 11.2. The highest BCUT2D eigenvalue weighted by Gasteiger charge is 2.30. The van der Waals surface area contributed by atoms with Crippen LogP contribution in [0.15, 0.2) is 12.4 Å². The van der Waals surface area contributed by atoms with E-state index in [2.05, 4.69) is 33.8 Å². The van der Waals surface area contributed by atoms with Gasteiger partial charge in [0.05, 0.1) is 30.6 Å². The van der Waals surface area contributed by atoms with Crippen LogP contribution in [-0.2, 0) is 18.0 Å². The van der Waals surface area contributed by atoms with Crippen molar-refractivity contribution in [3.8, 4) is 17.3 Å². The van der Waals surface area contributed by atoms with Crippen LogP contribution < -0.4 is 10.6 Å². The van der Waals surface area contributed by atoms with Gasteiger partial charge in [0, 0.05) is 35.6 Å². The van der Waals surface area contributed by atoms with E-state index in [1.165, 1.54) is 32.1 Å². The summed E-state index contributed by atoms with van der Waals surface area (Å²) in [6.45, 7) is 6.48. The van der Waals surface area contributed by atoms with Gasteiger partial charge >= 0.3 is 0 Å². The molecule has 5 heterocycles. The zero-order valence-electron chi connectivity index (χ0n) is 22.9. The first-order valence-corrected chi connectivity index (χ1v) is 14.1. The number of halogens is 2. The molecule has 0 spiro atoms. The van der Waals surface area contributed by atoms with Crippen molar-refractivity contribution >= 4 is 33.6 Å². The van der Waals surface area contributed by atoms with E-state index in [0.717, 1.165) is 37.2 Å². The lowest BCUT2D eigenvalue weighted by atomic mass is 9.82. The van der Waals surface area contributed by atoms with E-state index in [0.29, 0.717) is 22.8 Å². The number of H-pyrrole nitrogens is 1. The van der Waals surface area contributed by atoms with Crippen molar-refractivity contribution in [2.75, 3.05) is 23.7 Å². The molecular weight excluding hydrogens is 512 g/mol. The Balaban J connectivity index is 0.000000363. The van der Waals surface area contributed by atoms with Crippen molar-refractivity contribution in [1.82, 2.24) is 19.9 Å². The summed E-state index contributed by atoms with van der Waals surface area (Å²) in [7, 11) is 0. The zero-order chi connectivity index (χ0) is 28.0. The SMILES string of the molecule is CC1CCN(c2ncc3c4c(c(-c5ncc(F)c6[nH]c(N)c(C#N)c56)c(F)c3n2)COC4)C1.CCCC1CCC1. The minimum absolute atomic E-state index is 0.00232. The molecule has 1 saturated heterocycles.